The van der Waals surface area contributed by atoms with Crippen molar-refractivity contribution < 1.29 is 0 Å². The lowest BCUT2D eigenvalue weighted by molar-refractivity contribution is 0.341. The molecule has 0 radical (unpaired) electrons. The minimum absolute atomic E-state index is 0.373. The summed E-state index contributed by atoms with van der Waals surface area (Å²) in [6, 6.07) is 0. The fraction of sp³-hybridized carbons (Fsp3) is 0.875. The number of hydrogen-bond acceptors (Lipinski definition) is 3. The zero-order valence-corrected chi connectivity index (χ0v) is 8.99. The molecule has 0 aliphatic carbocycles. The van der Waals surface area contributed by atoms with Crippen LogP contribution in [0.1, 0.15) is 26.6 Å². The maximum atomic E-state index is 5.67. The molecule has 0 aliphatic heterocycles. The van der Waals surface area contributed by atoms with E-state index in [2.05, 4.69) is 36.3 Å². The van der Waals surface area contributed by atoms with Crippen molar-refractivity contribution in [2.75, 3.05) is 0 Å². The normalized spacial score (nSPS) is 13.6. The van der Waals surface area contributed by atoms with Gasteiger partial charge in [0.1, 0.15) is 0 Å². The monoisotopic (exact) mass is 202 g/mol. The second-order valence-corrected chi connectivity index (χ2v) is 3.90. The fourth-order valence-electron chi connectivity index (χ4n) is 0.944. The molecule has 1 aromatic heterocycles. The van der Waals surface area contributed by atoms with E-state index in [1.807, 2.05) is 0 Å². The number of rotatable bonds is 4. The first-order valence-corrected chi connectivity index (χ1v) is 4.99. The molecular weight excluding hydrogens is 188 g/mol. The van der Waals surface area contributed by atoms with E-state index in [0.29, 0.717) is 17.7 Å². The zero-order chi connectivity index (χ0) is 9.84. The number of halogens is 1. The first kappa shape index (κ1) is 10.4. The van der Waals surface area contributed by atoms with Crippen LogP contribution < -0.4 is 0 Å². The van der Waals surface area contributed by atoms with Crippen molar-refractivity contribution in [2.45, 2.75) is 33.2 Å². The summed E-state index contributed by atoms with van der Waals surface area (Å²) in [6.45, 7) is 7.40. The standard InChI is InChI=1S/C8H15ClN4/c1-6(2)7(3)5-13-8(4-9)10-11-12-13/h6-7H,4-5H2,1-3H3. The Morgan fingerprint density at radius 1 is 1.38 bits per heavy atom. The largest absolute Gasteiger partial charge is 0.228 e. The fourth-order valence-corrected chi connectivity index (χ4v) is 1.14. The third-order valence-electron chi connectivity index (χ3n) is 2.32. The summed E-state index contributed by atoms with van der Waals surface area (Å²) in [6.07, 6.45) is 0. The van der Waals surface area contributed by atoms with Gasteiger partial charge in [0.2, 0.25) is 0 Å². The summed E-state index contributed by atoms with van der Waals surface area (Å²) in [4.78, 5) is 0. The van der Waals surface area contributed by atoms with Gasteiger partial charge in [-0.05, 0) is 22.3 Å². The van der Waals surface area contributed by atoms with Gasteiger partial charge in [-0.25, -0.2) is 4.68 Å². The van der Waals surface area contributed by atoms with Crippen molar-refractivity contribution in [1.29, 1.82) is 0 Å². The maximum Gasteiger partial charge on any atom is 0.166 e. The summed E-state index contributed by atoms with van der Waals surface area (Å²) in [5.41, 5.74) is 0. The first-order valence-electron chi connectivity index (χ1n) is 4.46. The quantitative estimate of drug-likeness (QED) is 0.699. The predicted molar refractivity (Wildman–Crippen MR) is 51.4 cm³/mol. The first-order chi connectivity index (χ1) is 6.15. The van der Waals surface area contributed by atoms with Gasteiger partial charge in [-0.15, -0.1) is 16.7 Å². The average Bonchev–Trinajstić information content (AvgIpc) is 2.51. The van der Waals surface area contributed by atoms with E-state index in [4.69, 9.17) is 11.6 Å². The number of aromatic nitrogens is 4. The lowest BCUT2D eigenvalue weighted by Gasteiger charge is -2.15. The molecule has 0 aromatic carbocycles. The molecule has 5 heteroatoms. The summed E-state index contributed by atoms with van der Waals surface area (Å²) >= 11 is 5.67. The molecule has 0 N–H and O–H groups in total. The van der Waals surface area contributed by atoms with Gasteiger partial charge in [0.15, 0.2) is 5.82 Å². The molecule has 1 heterocycles. The molecule has 4 nitrogen and oxygen atoms in total. The third kappa shape index (κ3) is 2.66. The van der Waals surface area contributed by atoms with E-state index < -0.39 is 0 Å². The van der Waals surface area contributed by atoms with Crippen LogP contribution >= 0.6 is 11.6 Å². The second kappa shape index (κ2) is 4.56. The Morgan fingerprint density at radius 2 is 2.08 bits per heavy atom. The van der Waals surface area contributed by atoms with Gasteiger partial charge < -0.3 is 0 Å². The highest BCUT2D eigenvalue weighted by molar-refractivity contribution is 6.16. The molecule has 13 heavy (non-hydrogen) atoms. The number of tetrazole rings is 1. The highest BCUT2D eigenvalue weighted by atomic mass is 35.5. The van der Waals surface area contributed by atoms with Gasteiger partial charge in [-0.2, -0.15) is 0 Å². The van der Waals surface area contributed by atoms with Crippen LogP contribution in [0, 0.1) is 11.8 Å². The molecule has 0 aliphatic rings. The Hall–Kier alpha value is -0.640. The van der Waals surface area contributed by atoms with Gasteiger partial charge in [-0.3, -0.25) is 0 Å². The molecular formula is C8H15ClN4. The van der Waals surface area contributed by atoms with E-state index in [1.165, 1.54) is 0 Å². The van der Waals surface area contributed by atoms with E-state index in [-0.39, 0.29) is 0 Å². The molecule has 1 rings (SSSR count). The van der Waals surface area contributed by atoms with Gasteiger partial charge in [0, 0.05) is 6.54 Å². The lowest BCUT2D eigenvalue weighted by Crippen LogP contribution is -2.15. The molecule has 0 saturated heterocycles. The molecule has 0 fully saturated rings. The molecule has 1 unspecified atom stereocenters. The predicted octanol–water partition coefficient (Wildman–Crippen LogP) is 1.70. The second-order valence-electron chi connectivity index (χ2n) is 3.63. The van der Waals surface area contributed by atoms with Gasteiger partial charge in [0.25, 0.3) is 0 Å². The number of nitrogens with zero attached hydrogens (tertiary/aromatic N) is 4. The van der Waals surface area contributed by atoms with Crippen LogP contribution in [0.15, 0.2) is 0 Å². The van der Waals surface area contributed by atoms with Gasteiger partial charge >= 0.3 is 0 Å². The van der Waals surface area contributed by atoms with Crippen molar-refractivity contribution in [2.24, 2.45) is 11.8 Å². The molecule has 0 amide bonds. The Balaban J connectivity index is 2.62. The highest BCUT2D eigenvalue weighted by Gasteiger charge is 2.11. The number of hydrogen-bond donors (Lipinski definition) is 0. The molecule has 1 aromatic rings. The smallest absolute Gasteiger partial charge is 0.166 e. The lowest BCUT2D eigenvalue weighted by atomic mass is 9.98. The van der Waals surface area contributed by atoms with Crippen molar-refractivity contribution in [3.63, 3.8) is 0 Å². The van der Waals surface area contributed by atoms with E-state index in [0.717, 1.165) is 12.4 Å². The minimum atomic E-state index is 0.373. The van der Waals surface area contributed by atoms with E-state index in [1.54, 1.807) is 4.68 Å². The van der Waals surface area contributed by atoms with Crippen LogP contribution in [0.2, 0.25) is 0 Å². The Morgan fingerprint density at radius 3 is 2.62 bits per heavy atom. The van der Waals surface area contributed by atoms with E-state index >= 15 is 0 Å². The molecule has 0 saturated carbocycles. The minimum Gasteiger partial charge on any atom is -0.228 e. The van der Waals surface area contributed by atoms with Crippen molar-refractivity contribution in [3.05, 3.63) is 5.82 Å². The third-order valence-corrected chi connectivity index (χ3v) is 2.56. The summed E-state index contributed by atoms with van der Waals surface area (Å²) in [7, 11) is 0. The summed E-state index contributed by atoms with van der Waals surface area (Å²) in [5.74, 6) is 2.31. The van der Waals surface area contributed by atoms with Crippen molar-refractivity contribution >= 4 is 11.6 Å². The van der Waals surface area contributed by atoms with Gasteiger partial charge in [0.05, 0.1) is 5.88 Å². The van der Waals surface area contributed by atoms with Crippen LogP contribution in [0.5, 0.6) is 0 Å². The summed E-state index contributed by atoms with van der Waals surface area (Å²) < 4.78 is 1.78. The summed E-state index contributed by atoms with van der Waals surface area (Å²) in [5, 5.41) is 11.3. The highest BCUT2D eigenvalue weighted by Crippen LogP contribution is 2.12. The van der Waals surface area contributed by atoms with Crippen LogP contribution in [0.25, 0.3) is 0 Å². The average molecular weight is 203 g/mol. The molecule has 0 spiro atoms. The van der Waals surface area contributed by atoms with Crippen LogP contribution in [0.4, 0.5) is 0 Å². The van der Waals surface area contributed by atoms with Gasteiger partial charge in [-0.1, -0.05) is 20.8 Å². The Kier molecular flexibility index (Phi) is 3.66. The molecule has 1 atom stereocenters. The van der Waals surface area contributed by atoms with Crippen LogP contribution in [0.3, 0.4) is 0 Å². The Labute approximate surface area is 83.3 Å². The maximum absolute atomic E-state index is 5.67. The molecule has 0 bridgehead atoms. The SMILES string of the molecule is CC(C)C(C)Cn1nnnc1CCl. The van der Waals surface area contributed by atoms with Crippen LogP contribution in [-0.4, -0.2) is 20.2 Å². The van der Waals surface area contributed by atoms with Crippen molar-refractivity contribution in [1.82, 2.24) is 20.2 Å². The van der Waals surface area contributed by atoms with E-state index in [9.17, 15) is 0 Å². The Bertz CT molecular complexity index is 258. The zero-order valence-electron chi connectivity index (χ0n) is 8.24. The molecule has 74 valence electrons. The number of alkyl halides is 1. The van der Waals surface area contributed by atoms with Crippen LogP contribution in [-0.2, 0) is 12.4 Å². The topological polar surface area (TPSA) is 43.6 Å². The van der Waals surface area contributed by atoms with Crippen molar-refractivity contribution in [3.8, 4) is 0 Å².